The number of sulfonamides is 1. The summed E-state index contributed by atoms with van der Waals surface area (Å²) in [6.07, 6.45) is 0. The molecule has 0 saturated heterocycles. The molecule has 1 heterocycles. The third-order valence-electron chi connectivity index (χ3n) is 3.23. The summed E-state index contributed by atoms with van der Waals surface area (Å²) in [6.45, 7) is 5.56. The van der Waals surface area contributed by atoms with Crippen molar-refractivity contribution in [1.82, 2.24) is 9.71 Å². The van der Waals surface area contributed by atoms with Crippen LogP contribution in [0.3, 0.4) is 0 Å². The Balaban J connectivity index is 2.33. The van der Waals surface area contributed by atoms with Gasteiger partial charge in [0.25, 0.3) is 5.91 Å². The number of aromatic nitrogens is 1. The lowest BCUT2D eigenvalue weighted by Gasteiger charge is -2.10. The average molecular weight is 333 g/mol. The molecule has 1 amide bonds. The van der Waals surface area contributed by atoms with E-state index in [1.165, 1.54) is 12.1 Å². The van der Waals surface area contributed by atoms with Crippen LogP contribution in [0.25, 0.3) is 0 Å². The molecular weight excluding hydrogens is 314 g/mol. The number of pyridine rings is 1. The second-order valence-corrected chi connectivity index (χ2v) is 6.86. The topological polar surface area (TPSA) is 88.2 Å². The molecule has 0 fully saturated rings. The molecule has 1 aromatic heterocycles. The summed E-state index contributed by atoms with van der Waals surface area (Å²) in [5.74, 6) is 0.0310. The summed E-state index contributed by atoms with van der Waals surface area (Å²) >= 11 is 0. The number of benzene rings is 1. The van der Waals surface area contributed by atoms with E-state index in [2.05, 4.69) is 15.0 Å². The van der Waals surface area contributed by atoms with Gasteiger partial charge >= 0.3 is 0 Å². The highest BCUT2D eigenvalue weighted by Gasteiger charge is 2.17. The van der Waals surface area contributed by atoms with Crippen molar-refractivity contribution in [3.05, 3.63) is 53.2 Å². The average Bonchev–Trinajstić information content (AvgIpc) is 2.47. The maximum absolute atomic E-state index is 12.4. The fraction of sp³-hybridized carbons (Fsp3) is 0.250. The minimum Gasteiger partial charge on any atom is -0.307 e. The molecule has 0 unspecified atom stereocenters. The van der Waals surface area contributed by atoms with E-state index in [9.17, 15) is 13.2 Å². The second kappa shape index (κ2) is 6.89. The Bertz CT molecular complexity index is 832. The van der Waals surface area contributed by atoms with Crippen LogP contribution in [0.1, 0.15) is 28.5 Å². The number of carbonyl (C=O) groups is 1. The summed E-state index contributed by atoms with van der Waals surface area (Å²) in [6, 6.07) is 9.76. The van der Waals surface area contributed by atoms with Crippen LogP contribution in [-0.2, 0) is 10.0 Å². The molecule has 2 aromatic rings. The fourth-order valence-electron chi connectivity index (χ4n) is 2.08. The van der Waals surface area contributed by atoms with Gasteiger partial charge in [0.15, 0.2) is 0 Å². The summed E-state index contributed by atoms with van der Waals surface area (Å²) in [5.41, 5.74) is 1.76. The number of nitrogens with one attached hydrogen (secondary N) is 2. The number of anilines is 1. The van der Waals surface area contributed by atoms with E-state index < -0.39 is 15.9 Å². The van der Waals surface area contributed by atoms with Crippen molar-refractivity contribution < 1.29 is 13.2 Å². The zero-order chi connectivity index (χ0) is 17.0. The fourth-order valence-corrected chi connectivity index (χ4v) is 3.15. The maximum Gasteiger partial charge on any atom is 0.257 e. The van der Waals surface area contributed by atoms with Crippen LogP contribution < -0.4 is 10.0 Å². The Kier molecular flexibility index (Phi) is 5.12. The van der Waals surface area contributed by atoms with Gasteiger partial charge in [0, 0.05) is 17.8 Å². The van der Waals surface area contributed by atoms with Gasteiger partial charge in [-0.05, 0) is 43.7 Å². The van der Waals surface area contributed by atoms with E-state index in [4.69, 9.17) is 0 Å². The molecule has 0 aliphatic heterocycles. The van der Waals surface area contributed by atoms with Crippen LogP contribution in [-0.4, -0.2) is 25.9 Å². The van der Waals surface area contributed by atoms with Crippen molar-refractivity contribution in [2.75, 3.05) is 11.9 Å². The predicted octanol–water partition coefficient (Wildman–Crippen LogP) is 2.25. The minimum absolute atomic E-state index is 0.0623. The molecule has 0 spiro atoms. The molecule has 0 aliphatic rings. The first-order valence-corrected chi connectivity index (χ1v) is 8.67. The second-order valence-electron chi connectivity index (χ2n) is 5.10. The molecule has 122 valence electrons. The van der Waals surface area contributed by atoms with Crippen molar-refractivity contribution in [3.63, 3.8) is 0 Å². The Hall–Kier alpha value is -2.25. The van der Waals surface area contributed by atoms with E-state index >= 15 is 0 Å². The number of carbonyl (C=O) groups excluding carboxylic acids is 1. The normalized spacial score (nSPS) is 11.3. The first-order chi connectivity index (χ1) is 10.8. The lowest BCUT2D eigenvalue weighted by Crippen LogP contribution is -2.24. The van der Waals surface area contributed by atoms with Gasteiger partial charge in [0.1, 0.15) is 5.82 Å². The molecule has 6 nitrogen and oxygen atoms in total. The highest BCUT2D eigenvalue weighted by molar-refractivity contribution is 7.89. The van der Waals surface area contributed by atoms with Gasteiger partial charge in [-0.2, -0.15) is 0 Å². The molecule has 0 radical (unpaired) electrons. The Morgan fingerprint density at radius 2 is 1.91 bits per heavy atom. The largest absolute Gasteiger partial charge is 0.307 e. The molecule has 0 saturated carbocycles. The van der Waals surface area contributed by atoms with Gasteiger partial charge in [0.05, 0.1) is 4.90 Å². The van der Waals surface area contributed by atoms with E-state index in [0.717, 1.165) is 5.69 Å². The lowest BCUT2D eigenvalue weighted by atomic mass is 10.1. The first kappa shape index (κ1) is 17.1. The summed E-state index contributed by atoms with van der Waals surface area (Å²) in [4.78, 5) is 16.7. The number of hydrogen-bond donors (Lipinski definition) is 2. The minimum atomic E-state index is -3.61. The third kappa shape index (κ3) is 4.14. The summed E-state index contributed by atoms with van der Waals surface area (Å²) in [7, 11) is -3.61. The zero-order valence-electron chi connectivity index (χ0n) is 13.3. The summed E-state index contributed by atoms with van der Waals surface area (Å²) in [5, 5.41) is 2.69. The molecule has 2 N–H and O–H groups in total. The van der Waals surface area contributed by atoms with Crippen LogP contribution >= 0.6 is 0 Å². The van der Waals surface area contributed by atoms with E-state index in [0.29, 0.717) is 16.9 Å². The highest BCUT2D eigenvalue weighted by atomic mass is 32.2. The lowest BCUT2D eigenvalue weighted by molar-refractivity contribution is 0.102. The van der Waals surface area contributed by atoms with Crippen molar-refractivity contribution in [1.29, 1.82) is 0 Å². The molecular formula is C16H19N3O3S. The van der Waals surface area contributed by atoms with Gasteiger partial charge in [-0.25, -0.2) is 18.1 Å². The summed E-state index contributed by atoms with van der Waals surface area (Å²) < 4.78 is 26.5. The van der Waals surface area contributed by atoms with Crippen LogP contribution in [0.15, 0.2) is 41.3 Å². The number of aryl methyl sites for hydroxylation is 2. The predicted molar refractivity (Wildman–Crippen MR) is 89.0 cm³/mol. The van der Waals surface area contributed by atoms with Crippen molar-refractivity contribution in [3.8, 4) is 0 Å². The quantitative estimate of drug-likeness (QED) is 0.878. The molecule has 2 rings (SSSR count). The molecule has 23 heavy (non-hydrogen) atoms. The smallest absolute Gasteiger partial charge is 0.257 e. The van der Waals surface area contributed by atoms with Gasteiger partial charge in [-0.15, -0.1) is 0 Å². The Morgan fingerprint density at radius 1 is 1.17 bits per heavy atom. The monoisotopic (exact) mass is 333 g/mol. The highest BCUT2D eigenvalue weighted by Crippen LogP contribution is 2.17. The molecule has 7 heteroatoms. The molecule has 0 aliphatic carbocycles. The molecule has 1 aromatic carbocycles. The first-order valence-electron chi connectivity index (χ1n) is 7.19. The number of nitrogens with zero attached hydrogens (tertiary/aromatic N) is 1. The standard InChI is InChI=1S/C16H19N3O3S/c1-4-17-23(21,22)13-9-8-11(2)14(10-13)16(20)19-15-7-5-6-12(3)18-15/h5-10,17H,4H2,1-3H3,(H,18,19,20). The number of hydrogen-bond acceptors (Lipinski definition) is 4. The number of amides is 1. The van der Waals surface area contributed by atoms with Crippen LogP contribution in [0.2, 0.25) is 0 Å². The number of rotatable bonds is 5. The van der Waals surface area contributed by atoms with Crippen molar-refractivity contribution in [2.45, 2.75) is 25.7 Å². The molecule has 0 bridgehead atoms. The zero-order valence-corrected chi connectivity index (χ0v) is 14.1. The van der Waals surface area contributed by atoms with Crippen molar-refractivity contribution in [2.24, 2.45) is 0 Å². The maximum atomic E-state index is 12.4. The van der Waals surface area contributed by atoms with Gasteiger partial charge in [0.2, 0.25) is 10.0 Å². The Labute approximate surface area is 136 Å². The molecule has 0 atom stereocenters. The van der Waals surface area contributed by atoms with Crippen molar-refractivity contribution >= 4 is 21.7 Å². The van der Waals surface area contributed by atoms with E-state index in [-0.39, 0.29) is 11.4 Å². The van der Waals surface area contributed by atoms with E-state index in [1.807, 2.05) is 13.0 Å². The third-order valence-corrected chi connectivity index (χ3v) is 4.77. The van der Waals surface area contributed by atoms with Gasteiger partial charge in [-0.3, -0.25) is 4.79 Å². The van der Waals surface area contributed by atoms with Gasteiger partial charge in [-0.1, -0.05) is 19.1 Å². The van der Waals surface area contributed by atoms with Crippen LogP contribution in [0.5, 0.6) is 0 Å². The van der Waals surface area contributed by atoms with Crippen LogP contribution in [0.4, 0.5) is 5.82 Å². The van der Waals surface area contributed by atoms with Gasteiger partial charge < -0.3 is 5.32 Å². The van der Waals surface area contributed by atoms with Crippen LogP contribution in [0, 0.1) is 13.8 Å². The Morgan fingerprint density at radius 3 is 2.57 bits per heavy atom. The SMILES string of the molecule is CCNS(=O)(=O)c1ccc(C)c(C(=O)Nc2cccc(C)n2)c1. The van der Waals surface area contributed by atoms with E-state index in [1.54, 1.807) is 32.0 Å².